The van der Waals surface area contributed by atoms with Crippen LogP contribution in [-0.2, 0) is 11.2 Å². The summed E-state index contributed by atoms with van der Waals surface area (Å²) in [5, 5.41) is 9.61. The maximum atomic E-state index is 10.7. The standard InChI is InChI=1S/C11H10BrN3O2.3ClH/c12-7-5-15-9(4-8(13)11(16)17)6-2-1-3-14-10(6)7;;;/h1-3,5,8H,4,13H2,(H,16,17);3*1H/t8-;;;/m0.../s1. The van der Waals surface area contributed by atoms with Crippen LogP contribution in [0.3, 0.4) is 0 Å². The molecule has 2 heterocycles. The molecule has 5 nitrogen and oxygen atoms in total. The largest absolute Gasteiger partial charge is 0.480 e. The number of fused-ring (bicyclic) bond motifs is 1. The van der Waals surface area contributed by atoms with Gasteiger partial charge in [0.25, 0.3) is 0 Å². The van der Waals surface area contributed by atoms with Crippen LogP contribution in [0.4, 0.5) is 0 Å². The molecule has 1 atom stereocenters. The number of carbonyl (C=O) groups is 1. The van der Waals surface area contributed by atoms with Crippen LogP contribution in [0.15, 0.2) is 29.0 Å². The highest BCUT2D eigenvalue weighted by atomic mass is 79.9. The zero-order chi connectivity index (χ0) is 12.4. The first-order valence-electron chi connectivity index (χ1n) is 4.96. The Bertz CT molecular complexity index is 586. The third kappa shape index (κ3) is 4.71. The Morgan fingerprint density at radius 1 is 1.35 bits per heavy atom. The van der Waals surface area contributed by atoms with Gasteiger partial charge < -0.3 is 10.8 Å². The number of aromatic nitrogens is 2. The van der Waals surface area contributed by atoms with Crippen LogP contribution < -0.4 is 5.73 Å². The third-order valence-electron chi connectivity index (χ3n) is 2.41. The van der Waals surface area contributed by atoms with E-state index in [2.05, 4.69) is 25.9 Å². The third-order valence-corrected chi connectivity index (χ3v) is 2.99. The second kappa shape index (κ2) is 9.31. The SMILES string of the molecule is Cl.Cl.Cl.N[C@@H](Cc1ncc(Br)c2ncccc12)C(=O)O. The van der Waals surface area contributed by atoms with E-state index in [4.69, 9.17) is 10.8 Å². The van der Waals surface area contributed by atoms with E-state index < -0.39 is 12.0 Å². The molecule has 0 unspecified atom stereocenters. The summed E-state index contributed by atoms with van der Waals surface area (Å²) in [6.07, 6.45) is 3.47. The summed E-state index contributed by atoms with van der Waals surface area (Å²) in [6, 6.07) is 2.68. The molecule has 112 valence electrons. The second-order valence-corrected chi connectivity index (χ2v) is 4.46. The predicted molar refractivity (Wildman–Crippen MR) is 88.3 cm³/mol. The number of nitrogens with two attached hydrogens (primary N) is 1. The highest BCUT2D eigenvalue weighted by Gasteiger charge is 2.15. The number of hydrogen-bond acceptors (Lipinski definition) is 4. The quantitative estimate of drug-likeness (QED) is 0.819. The lowest BCUT2D eigenvalue weighted by Crippen LogP contribution is -2.32. The number of carboxylic acids is 1. The smallest absolute Gasteiger partial charge is 0.320 e. The number of carboxylic acid groups (broad SMARTS) is 1. The van der Waals surface area contributed by atoms with Gasteiger partial charge in [0.2, 0.25) is 0 Å². The van der Waals surface area contributed by atoms with Gasteiger partial charge in [0.15, 0.2) is 0 Å². The molecule has 2 aromatic heterocycles. The molecule has 0 aromatic carbocycles. The van der Waals surface area contributed by atoms with Crippen LogP contribution in [0.25, 0.3) is 10.9 Å². The molecular weight excluding hydrogens is 392 g/mol. The lowest BCUT2D eigenvalue weighted by molar-refractivity contribution is -0.138. The molecule has 2 rings (SSSR count). The Hall–Kier alpha value is -0.660. The van der Waals surface area contributed by atoms with Crippen molar-refractivity contribution < 1.29 is 9.90 Å². The molecule has 2 aromatic rings. The number of rotatable bonds is 3. The van der Waals surface area contributed by atoms with E-state index in [0.717, 1.165) is 15.4 Å². The molecule has 0 aliphatic rings. The normalized spacial score (nSPS) is 10.7. The number of aliphatic carboxylic acids is 1. The number of pyridine rings is 2. The van der Waals surface area contributed by atoms with E-state index in [1.54, 1.807) is 18.5 Å². The van der Waals surface area contributed by atoms with E-state index in [0.29, 0.717) is 5.69 Å². The van der Waals surface area contributed by atoms with Gasteiger partial charge in [-0.25, -0.2) is 0 Å². The van der Waals surface area contributed by atoms with Crippen LogP contribution in [0, 0.1) is 0 Å². The molecule has 0 bridgehead atoms. The average Bonchev–Trinajstić information content (AvgIpc) is 2.33. The number of hydrogen-bond donors (Lipinski definition) is 2. The molecule has 20 heavy (non-hydrogen) atoms. The minimum Gasteiger partial charge on any atom is -0.480 e. The van der Waals surface area contributed by atoms with Gasteiger partial charge in [0.1, 0.15) is 6.04 Å². The lowest BCUT2D eigenvalue weighted by atomic mass is 10.1. The molecule has 0 saturated heterocycles. The lowest BCUT2D eigenvalue weighted by Gasteiger charge is -2.09. The molecule has 0 spiro atoms. The fourth-order valence-electron chi connectivity index (χ4n) is 1.55. The minimum atomic E-state index is -1.04. The van der Waals surface area contributed by atoms with Crippen molar-refractivity contribution in [2.75, 3.05) is 0 Å². The van der Waals surface area contributed by atoms with Crippen LogP contribution in [0.2, 0.25) is 0 Å². The van der Waals surface area contributed by atoms with E-state index in [1.807, 2.05) is 6.07 Å². The molecule has 0 saturated carbocycles. The van der Waals surface area contributed by atoms with Crippen molar-refractivity contribution in [1.82, 2.24) is 9.97 Å². The summed E-state index contributed by atoms with van der Waals surface area (Å²) >= 11 is 3.35. The molecule has 9 heteroatoms. The zero-order valence-electron chi connectivity index (χ0n) is 10.0. The van der Waals surface area contributed by atoms with Crippen LogP contribution in [0.5, 0.6) is 0 Å². The Morgan fingerprint density at radius 2 is 2.00 bits per heavy atom. The van der Waals surface area contributed by atoms with Gasteiger partial charge in [0.05, 0.1) is 15.7 Å². The van der Waals surface area contributed by atoms with Crippen molar-refractivity contribution in [3.8, 4) is 0 Å². The fourth-order valence-corrected chi connectivity index (χ4v) is 1.97. The van der Waals surface area contributed by atoms with Crippen molar-refractivity contribution >= 4 is 70.0 Å². The summed E-state index contributed by atoms with van der Waals surface area (Å²) < 4.78 is 0.778. The molecular formula is C11H13BrCl3N3O2. The minimum absolute atomic E-state index is 0. The molecule has 0 aliphatic heterocycles. The first-order valence-corrected chi connectivity index (χ1v) is 5.75. The molecule has 0 fully saturated rings. The van der Waals surface area contributed by atoms with Crippen LogP contribution in [0.1, 0.15) is 5.69 Å². The molecule has 0 amide bonds. The Kier molecular flexibility index (Phi) is 10.1. The van der Waals surface area contributed by atoms with E-state index in [-0.39, 0.29) is 43.6 Å². The van der Waals surface area contributed by atoms with Crippen molar-refractivity contribution in [2.45, 2.75) is 12.5 Å². The summed E-state index contributed by atoms with van der Waals surface area (Å²) in [5.74, 6) is -1.04. The highest BCUT2D eigenvalue weighted by molar-refractivity contribution is 9.10. The van der Waals surface area contributed by atoms with E-state index in [1.165, 1.54) is 0 Å². The number of nitrogens with zero attached hydrogens (tertiary/aromatic N) is 2. The topological polar surface area (TPSA) is 89.1 Å². The predicted octanol–water partition coefficient (Wildman–Crippen LogP) is 2.61. The fraction of sp³-hybridized carbons (Fsp3) is 0.182. The van der Waals surface area contributed by atoms with Gasteiger partial charge in [-0.05, 0) is 28.1 Å². The first kappa shape index (κ1) is 21.6. The van der Waals surface area contributed by atoms with Gasteiger partial charge in [-0.15, -0.1) is 37.2 Å². The summed E-state index contributed by atoms with van der Waals surface area (Å²) in [6.45, 7) is 0. The molecule has 0 aliphatic carbocycles. The maximum absolute atomic E-state index is 10.7. The van der Waals surface area contributed by atoms with Gasteiger partial charge in [-0.2, -0.15) is 0 Å². The Labute approximate surface area is 142 Å². The van der Waals surface area contributed by atoms with Gasteiger partial charge in [-0.1, -0.05) is 0 Å². The molecule has 3 N–H and O–H groups in total. The van der Waals surface area contributed by atoms with Gasteiger partial charge in [0, 0.05) is 24.2 Å². The summed E-state index contributed by atoms with van der Waals surface area (Å²) in [5.41, 5.74) is 6.91. The monoisotopic (exact) mass is 403 g/mol. The maximum Gasteiger partial charge on any atom is 0.320 e. The second-order valence-electron chi connectivity index (χ2n) is 3.60. The van der Waals surface area contributed by atoms with E-state index in [9.17, 15) is 4.79 Å². The van der Waals surface area contributed by atoms with Crippen LogP contribution in [-0.4, -0.2) is 27.1 Å². The molecule has 0 radical (unpaired) electrons. The average molecular weight is 406 g/mol. The summed E-state index contributed by atoms with van der Waals surface area (Å²) in [4.78, 5) is 19.1. The van der Waals surface area contributed by atoms with E-state index >= 15 is 0 Å². The first-order chi connectivity index (χ1) is 8.09. The highest BCUT2D eigenvalue weighted by Crippen LogP contribution is 2.23. The number of halogens is 4. The summed E-state index contributed by atoms with van der Waals surface area (Å²) in [7, 11) is 0. The van der Waals surface area contributed by atoms with Gasteiger partial charge >= 0.3 is 5.97 Å². The Morgan fingerprint density at radius 3 is 2.60 bits per heavy atom. The Balaban J connectivity index is 0. The van der Waals surface area contributed by atoms with Gasteiger partial charge in [-0.3, -0.25) is 14.8 Å². The van der Waals surface area contributed by atoms with Crippen LogP contribution >= 0.6 is 53.2 Å². The van der Waals surface area contributed by atoms with Crippen molar-refractivity contribution in [2.24, 2.45) is 5.73 Å². The zero-order valence-corrected chi connectivity index (χ0v) is 14.1. The van der Waals surface area contributed by atoms with Crippen molar-refractivity contribution in [3.05, 3.63) is 34.7 Å². The van der Waals surface area contributed by atoms with Crippen molar-refractivity contribution in [3.63, 3.8) is 0 Å². The van der Waals surface area contributed by atoms with Crippen molar-refractivity contribution in [1.29, 1.82) is 0 Å².